The van der Waals surface area contributed by atoms with E-state index in [-0.39, 0.29) is 18.2 Å². The molecule has 1 atom stereocenters. The molecule has 7 heteroatoms. The zero-order chi connectivity index (χ0) is 18.7. The number of benzene rings is 2. The predicted octanol–water partition coefficient (Wildman–Crippen LogP) is 2.25. The van der Waals surface area contributed by atoms with E-state index in [0.29, 0.717) is 12.1 Å². The molecule has 3 N–H and O–H groups in total. The maximum Gasteiger partial charge on any atom is 0.248 e. The third-order valence-electron chi connectivity index (χ3n) is 4.12. The Hall–Kier alpha value is -2.80. The number of hydrogen-bond acceptors (Lipinski definition) is 4. The van der Waals surface area contributed by atoms with Crippen LogP contribution in [0, 0.1) is 0 Å². The fourth-order valence-electron chi connectivity index (χ4n) is 2.73. The number of hydrogen-bond donors (Lipinski definition) is 2. The zero-order valence-electron chi connectivity index (χ0n) is 14.3. The number of thioether (sulfide) groups is 1. The van der Waals surface area contributed by atoms with Gasteiger partial charge in [0.05, 0.1) is 10.9 Å². The lowest BCUT2D eigenvalue weighted by atomic mass is 10.1. The van der Waals surface area contributed by atoms with Gasteiger partial charge in [0.25, 0.3) is 0 Å². The summed E-state index contributed by atoms with van der Waals surface area (Å²) in [6, 6.07) is 14.4. The molecular formula is C19H19N3O3S. The van der Waals surface area contributed by atoms with Crippen LogP contribution in [0.5, 0.6) is 0 Å². The standard InChI is InChI=1S/C19H19N3O3S/c1-22(11-12-5-4-6-13(9-12)18(20)24)17(23)10-16-19(25)21-14-7-2-3-8-15(14)26-16/h2-9,16H,10-11H2,1H3,(H2,20,24)(H,21,25). The highest BCUT2D eigenvalue weighted by Crippen LogP contribution is 2.36. The number of para-hydroxylation sites is 1. The van der Waals surface area contributed by atoms with E-state index in [2.05, 4.69) is 5.32 Å². The van der Waals surface area contributed by atoms with Crippen LogP contribution in [0.25, 0.3) is 0 Å². The number of amides is 3. The van der Waals surface area contributed by atoms with E-state index in [0.717, 1.165) is 16.1 Å². The van der Waals surface area contributed by atoms with E-state index >= 15 is 0 Å². The molecule has 0 saturated heterocycles. The molecule has 1 unspecified atom stereocenters. The van der Waals surface area contributed by atoms with Crippen LogP contribution in [0.2, 0.25) is 0 Å². The van der Waals surface area contributed by atoms with E-state index < -0.39 is 11.2 Å². The first-order valence-corrected chi connectivity index (χ1v) is 9.01. The van der Waals surface area contributed by atoms with Crippen LogP contribution in [0.3, 0.4) is 0 Å². The van der Waals surface area contributed by atoms with Gasteiger partial charge in [0.15, 0.2) is 0 Å². The van der Waals surface area contributed by atoms with Crippen molar-refractivity contribution in [3.63, 3.8) is 0 Å². The van der Waals surface area contributed by atoms with Gasteiger partial charge < -0.3 is 16.0 Å². The second-order valence-electron chi connectivity index (χ2n) is 6.11. The van der Waals surface area contributed by atoms with Crippen molar-refractivity contribution in [2.75, 3.05) is 12.4 Å². The SMILES string of the molecule is CN(Cc1cccc(C(N)=O)c1)C(=O)CC1Sc2ccccc2NC1=O. The Bertz CT molecular complexity index is 869. The van der Waals surface area contributed by atoms with Gasteiger partial charge in [-0.3, -0.25) is 14.4 Å². The van der Waals surface area contributed by atoms with E-state index in [9.17, 15) is 14.4 Å². The summed E-state index contributed by atoms with van der Waals surface area (Å²) in [5.41, 5.74) is 7.28. The number of fused-ring (bicyclic) bond motifs is 1. The largest absolute Gasteiger partial charge is 0.366 e. The highest BCUT2D eigenvalue weighted by Gasteiger charge is 2.29. The van der Waals surface area contributed by atoms with Crippen LogP contribution in [-0.4, -0.2) is 34.9 Å². The molecule has 1 heterocycles. The molecule has 134 valence electrons. The highest BCUT2D eigenvalue weighted by molar-refractivity contribution is 8.01. The van der Waals surface area contributed by atoms with E-state index in [4.69, 9.17) is 5.73 Å². The first-order valence-electron chi connectivity index (χ1n) is 8.13. The summed E-state index contributed by atoms with van der Waals surface area (Å²) >= 11 is 1.40. The molecule has 1 aliphatic rings. The number of anilines is 1. The summed E-state index contributed by atoms with van der Waals surface area (Å²) in [5.74, 6) is -0.803. The summed E-state index contributed by atoms with van der Waals surface area (Å²) in [4.78, 5) is 38.5. The average molecular weight is 369 g/mol. The minimum Gasteiger partial charge on any atom is -0.366 e. The molecule has 0 fully saturated rings. The predicted molar refractivity (Wildman–Crippen MR) is 101 cm³/mol. The maximum atomic E-state index is 12.5. The molecule has 3 rings (SSSR count). The molecule has 26 heavy (non-hydrogen) atoms. The van der Waals surface area contributed by atoms with Gasteiger partial charge in [0, 0.05) is 30.5 Å². The van der Waals surface area contributed by atoms with Crippen LogP contribution < -0.4 is 11.1 Å². The summed E-state index contributed by atoms with van der Waals surface area (Å²) in [6.07, 6.45) is 0.108. The van der Waals surface area contributed by atoms with Gasteiger partial charge in [0.1, 0.15) is 0 Å². The van der Waals surface area contributed by atoms with Crippen LogP contribution >= 0.6 is 11.8 Å². The molecule has 1 aliphatic heterocycles. The Morgan fingerprint density at radius 2 is 1.96 bits per heavy atom. The summed E-state index contributed by atoms with van der Waals surface area (Å²) < 4.78 is 0. The number of primary amides is 1. The molecule has 2 aromatic carbocycles. The summed E-state index contributed by atoms with van der Waals surface area (Å²) in [5, 5.41) is 2.38. The van der Waals surface area contributed by atoms with Gasteiger partial charge in [-0.2, -0.15) is 0 Å². The van der Waals surface area contributed by atoms with Gasteiger partial charge in [0.2, 0.25) is 17.7 Å². The number of rotatable bonds is 5. The first-order chi connectivity index (χ1) is 12.4. The van der Waals surface area contributed by atoms with Gasteiger partial charge >= 0.3 is 0 Å². The lowest BCUT2D eigenvalue weighted by Crippen LogP contribution is -2.35. The third kappa shape index (κ3) is 4.05. The van der Waals surface area contributed by atoms with Gasteiger partial charge in [-0.05, 0) is 29.8 Å². The molecular weight excluding hydrogens is 350 g/mol. The maximum absolute atomic E-state index is 12.5. The Kier molecular flexibility index (Phi) is 5.27. The second-order valence-corrected chi connectivity index (χ2v) is 7.36. The summed E-state index contributed by atoms with van der Waals surface area (Å²) in [7, 11) is 1.68. The van der Waals surface area contributed by atoms with E-state index in [1.165, 1.54) is 11.8 Å². The Labute approximate surface area is 155 Å². The third-order valence-corrected chi connectivity index (χ3v) is 5.40. The van der Waals surface area contributed by atoms with Crippen LogP contribution in [0.1, 0.15) is 22.3 Å². The Morgan fingerprint density at radius 1 is 1.19 bits per heavy atom. The molecule has 0 aliphatic carbocycles. The van der Waals surface area contributed by atoms with Crippen molar-refractivity contribution < 1.29 is 14.4 Å². The molecule has 0 saturated carbocycles. The molecule has 3 amide bonds. The lowest BCUT2D eigenvalue weighted by molar-refractivity contribution is -0.131. The lowest BCUT2D eigenvalue weighted by Gasteiger charge is -2.25. The number of nitrogens with one attached hydrogen (secondary N) is 1. The Balaban J connectivity index is 1.64. The number of carbonyl (C=O) groups excluding carboxylic acids is 3. The fourth-order valence-corrected chi connectivity index (χ4v) is 3.83. The monoisotopic (exact) mass is 369 g/mol. The molecule has 0 radical (unpaired) electrons. The van der Waals surface area contributed by atoms with Gasteiger partial charge in [-0.25, -0.2) is 0 Å². The summed E-state index contributed by atoms with van der Waals surface area (Å²) in [6.45, 7) is 0.343. The van der Waals surface area contributed by atoms with Gasteiger partial charge in [-0.1, -0.05) is 24.3 Å². The van der Waals surface area contributed by atoms with Crippen molar-refractivity contribution in [2.24, 2.45) is 5.73 Å². The minimum atomic E-state index is -0.505. The molecule has 6 nitrogen and oxygen atoms in total. The van der Waals surface area contributed by atoms with Crippen molar-refractivity contribution in [1.82, 2.24) is 4.90 Å². The topological polar surface area (TPSA) is 92.5 Å². The second kappa shape index (κ2) is 7.61. The average Bonchev–Trinajstić information content (AvgIpc) is 2.62. The molecule has 0 bridgehead atoms. The van der Waals surface area contributed by atoms with Crippen LogP contribution in [0.15, 0.2) is 53.4 Å². The van der Waals surface area contributed by atoms with Crippen molar-refractivity contribution in [1.29, 1.82) is 0 Å². The van der Waals surface area contributed by atoms with Crippen molar-refractivity contribution in [3.05, 3.63) is 59.7 Å². The fraction of sp³-hybridized carbons (Fsp3) is 0.211. The number of nitrogens with two attached hydrogens (primary N) is 1. The Morgan fingerprint density at radius 3 is 2.73 bits per heavy atom. The molecule has 2 aromatic rings. The first kappa shape index (κ1) is 18.0. The van der Waals surface area contributed by atoms with Crippen molar-refractivity contribution in [2.45, 2.75) is 23.1 Å². The van der Waals surface area contributed by atoms with Crippen molar-refractivity contribution in [3.8, 4) is 0 Å². The minimum absolute atomic E-state index is 0.108. The van der Waals surface area contributed by atoms with Crippen molar-refractivity contribution >= 4 is 35.2 Å². The van der Waals surface area contributed by atoms with E-state index in [1.54, 1.807) is 30.1 Å². The zero-order valence-corrected chi connectivity index (χ0v) is 15.1. The van der Waals surface area contributed by atoms with Crippen LogP contribution in [-0.2, 0) is 16.1 Å². The molecule has 0 spiro atoms. The van der Waals surface area contributed by atoms with Gasteiger partial charge in [-0.15, -0.1) is 11.8 Å². The quantitative estimate of drug-likeness (QED) is 0.845. The number of nitrogens with zero attached hydrogens (tertiary/aromatic N) is 1. The number of carbonyl (C=O) groups is 3. The van der Waals surface area contributed by atoms with E-state index in [1.807, 2.05) is 30.3 Å². The smallest absolute Gasteiger partial charge is 0.248 e. The van der Waals surface area contributed by atoms with Crippen LogP contribution in [0.4, 0.5) is 5.69 Å². The highest BCUT2D eigenvalue weighted by atomic mass is 32.2. The molecule has 0 aromatic heterocycles. The normalized spacial score (nSPS) is 15.7.